The minimum Gasteiger partial charge on any atom is -0.384 e. The number of aliphatic hydroxyl groups excluding tert-OH is 1. The van der Waals surface area contributed by atoms with Crippen molar-refractivity contribution in [1.29, 1.82) is 0 Å². The normalized spacial score (nSPS) is 27.1. The summed E-state index contributed by atoms with van der Waals surface area (Å²) in [6.07, 6.45) is 2.73. The Balaban J connectivity index is 1.63. The van der Waals surface area contributed by atoms with Crippen molar-refractivity contribution in [3.8, 4) is 11.8 Å². The van der Waals surface area contributed by atoms with Crippen LogP contribution in [0.5, 0.6) is 0 Å². The quantitative estimate of drug-likeness (QED) is 0.841. The summed E-state index contributed by atoms with van der Waals surface area (Å²) in [7, 11) is 0. The molecule has 0 aromatic carbocycles. The first-order valence-electron chi connectivity index (χ1n) is 7.43. The van der Waals surface area contributed by atoms with Crippen LogP contribution in [0.3, 0.4) is 0 Å². The second kappa shape index (κ2) is 6.28. The third-order valence-electron chi connectivity index (χ3n) is 4.38. The maximum atomic E-state index is 8.74. The largest absolute Gasteiger partial charge is 0.384 e. The molecule has 2 saturated heterocycles. The van der Waals surface area contributed by atoms with Crippen LogP contribution in [0, 0.1) is 11.8 Å². The molecule has 1 aromatic rings. The van der Waals surface area contributed by atoms with Crippen molar-refractivity contribution in [2.45, 2.75) is 38.4 Å². The third kappa shape index (κ3) is 3.07. The molecule has 1 N–H and O–H groups in total. The predicted octanol–water partition coefficient (Wildman–Crippen LogP) is 1.76. The van der Waals surface area contributed by atoms with Crippen LogP contribution in [0.4, 0.5) is 0 Å². The molecule has 108 valence electrons. The third-order valence-corrected chi connectivity index (χ3v) is 5.36. The number of nitrogens with zero attached hydrogens (tertiary/aromatic N) is 2. The molecule has 2 atom stereocenters. The molecule has 3 rings (SSSR count). The molecule has 2 unspecified atom stereocenters. The van der Waals surface area contributed by atoms with Crippen LogP contribution in [-0.4, -0.2) is 53.2 Å². The van der Waals surface area contributed by atoms with Gasteiger partial charge in [0.05, 0.1) is 4.88 Å². The summed E-state index contributed by atoms with van der Waals surface area (Å²) < 4.78 is 0. The van der Waals surface area contributed by atoms with Crippen molar-refractivity contribution in [3.63, 3.8) is 0 Å². The maximum absolute atomic E-state index is 8.74. The zero-order valence-corrected chi connectivity index (χ0v) is 12.8. The molecule has 0 saturated carbocycles. The highest BCUT2D eigenvalue weighted by atomic mass is 32.1. The van der Waals surface area contributed by atoms with E-state index in [9.17, 15) is 0 Å². The molecule has 20 heavy (non-hydrogen) atoms. The number of piperazine rings is 1. The van der Waals surface area contributed by atoms with Gasteiger partial charge >= 0.3 is 0 Å². The summed E-state index contributed by atoms with van der Waals surface area (Å²) in [4.78, 5) is 7.71. The summed E-state index contributed by atoms with van der Waals surface area (Å²) >= 11 is 1.75. The number of hydrogen-bond acceptors (Lipinski definition) is 4. The van der Waals surface area contributed by atoms with Crippen LogP contribution in [0.2, 0.25) is 0 Å². The highest BCUT2D eigenvalue weighted by Gasteiger charge is 2.34. The maximum Gasteiger partial charge on any atom is 0.104 e. The van der Waals surface area contributed by atoms with E-state index in [0.29, 0.717) is 6.04 Å². The van der Waals surface area contributed by atoms with E-state index in [0.717, 1.165) is 17.5 Å². The Kier molecular flexibility index (Phi) is 4.42. The number of rotatable bonds is 2. The number of aliphatic hydroxyl groups is 1. The van der Waals surface area contributed by atoms with E-state index in [1.165, 1.54) is 37.4 Å². The Morgan fingerprint density at radius 1 is 1.40 bits per heavy atom. The van der Waals surface area contributed by atoms with E-state index >= 15 is 0 Å². The van der Waals surface area contributed by atoms with Gasteiger partial charge in [0.15, 0.2) is 0 Å². The second-order valence-electron chi connectivity index (χ2n) is 5.80. The fourth-order valence-corrected chi connectivity index (χ4v) is 4.23. The van der Waals surface area contributed by atoms with Gasteiger partial charge < -0.3 is 5.11 Å². The van der Waals surface area contributed by atoms with Gasteiger partial charge in [-0.15, -0.1) is 11.3 Å². The van der Waals surface area contributed by atoms with Gasteiger partial charge in [0.25, 0.3) is 0 Å². The molecule has 0 aliphatic carbocycles. The van der Waals surface area contributed by atoms with Gasteiger partial charge in [0.1, 0.15) is 6.61 Å². The predicted molar refractivity (Wildman–Crippen MR) is 82.7 cm³/mol. The van der Waals surface area contributed by atoms with E-state index < -0.39 is 0 Å². The van der Waals surface area contributed by atoms with Gasteiger partial charge in [-0.3, -0.25) is 9.80 Å². The number of thiophene rings is 1. The van der Waals surface area contributed by atoms with Crippen LogP contribution >= 0.6 is 11.3 Å². The van der Waals surface area contributed by atoms with E-state index in [1.54, 1.807) is 11.3 Å². The topological polar surface area (TPSA) is 26.7 Å². The molecule has 0 spiro atoms. The smallest absolute Gasteiger partial charge is 0.104 e. The van der Waals surface area contributed by atoms with Crippen molar-refractivity contribution in [2.75, 3.05) is 26.2 Å². The zero-order chi connectivity index (χ0) is 13.9. The molecule has 0 amide bonds. The van der Waals surface area contributed by atoms with Crippen molar-refractivity contribution in [1.82, 2.24) is 9.80 Å². The lowest BCUT2D eigenvalue weighted by Gasteiger charge is -2.42. The van der Waals surface area contributed by atoms with Gasteiger partial charge in [0.2, 0.25) is 0 Å². The van der Waals surface area contributed by atoms with E-state index in [2.05, 4.69) is 40.7 Å². The SMILES string of the molecule is CC1CN2CCCC2CN1Cc1ccc(C#CCO)s1. The molecular formula is C16H22N2OS. The summed E-state index contributed by atoms with van der Waals surface area (Å²) in [6.45, 7) is 7.03. The first-order valence-corrected chi connectivity index (χ1v) is 8.24. The van der Waals surface area contributed by atoms with E-state index in [4.69, 9.17) is 5.11 Å². The molecule has 2 aliphatic rings. The van der Waals surface area contributed by atoms with Crippen molar-refractivity contribution in [2.24, 2.45) is 0 Å². The lowest BCUT2D eigenvalue weighted by atomic mass is 10.1. The Morgan fingerprint density at radius 3 is 3.15 bits per heavy atom. The fourth-order valence-electron chi connectivity index (χ4n) is 3.33. The molecule has 1 aromatic heterocycles. The van der Waals surface area contributed by atoms with Crippen LogP contribution in [-0.2, 0) is 6.54 Å². The van der Waals surface area contributed by atoms with Gasteiger partial charge in [-0.25, -0.2) is 0 Å². The van der Waals surface area contributed by atoms with Crippen molar-refractivity contribution < 1.29 is 5.11 Å². The molecule has 3 nitrogen and oxygen atoms in total. The van der Waals surface area contributed by atoms with Crippen molar-refractivity contribution in [3.05, 3.63) is 21.9 Å². The van der Waals surface area contributed by atoms with Gasteiger partial charge in [0, 0.05) is 36.6 Å². The zero-order valence-electron chi connectivity index (χ0n) is 12.0. The molecule has 4 heteroatoms. The van der Waals surface area contributed by atoms with Crippen molar-refractivity contribution >= 4 is 11.3 Å². The van der Waals surface area contributed by atoms with Crippen LogP contribution < -0.4 is 0 Å². The molecule has 0 radical (unpaired) electrons. The standard InChI is InChI=1S/C16H22N2OS/c1-13-10-17-8-2-4-14(17)11-18(13)12-16-7-6-15(20-16)5-3-9-19/h6-7,13-14,19H,2,4,8-12H2,1H3. The van der Waals surface area contributed by atoms with Crippen LogP contribution in [0.1, 0.15) is 29.5 Å². The molecule has 2 aliphatic heterocycles. The fraction of sp³-hybridized carbons (Fsp3) is 0.625. The first-order chi connectivity index (χ1) is 9.76. The Labute approximate surface area is 125 Å². The Bertz CT molecular complexity index is 516. The average Bonchev–Trinajstić information content (AvgIpc) is 3.06. The number of hydrogen-bond donors (Lipinski definition) is 1. The second-order valence-corrected chi connectivity index (χ2v) is 6.96. The Morgan fingerprint density at radius 2 is 2.30 bits per heavy atom. The molecule has 2 fully saturated rings. The number of fused-ring (bicyclic) bond motifs is 1. The lowest BCUT2D eigenvalue weighted by Crippen LogP contribution is -2.54. The monoisotopic (exact) mass is 290 g/mol. The summed E-state index contributed by atoms with van der Waals surface area (Å²) in [5.74, 6) is 5.71. The first kappa shape index (κ1) is 14.1. The van der Waals surface area contributed by atoms with E-state index in [-0.39, 0.29) is 6.61 Å². The lowest BCUT2D eigenvalue weighted by molar-refractivity contribution is 0.0547. The summed E-state index contributed by atoms with van der Waals surface area (Å²) in [6, 6.07) is 5.66. The average molecular weight is 290 g/mol. The van der Waals surface area contributed by atoms with Crippen LogP contribution in [0.25, 0.3) is 0 Å². The van der Waals surface area contributed by atoms with Gasteiger partial charge in [-0.1, -0.05) is 11.8 Å². The molecule has 3 heterocycles. The molecule has 0 bridgehead atoms. The minimum absolute atomic E-state index is 0.0616. The minimum atomic E-state index is -0.0616. The molecular weight excluding hydrogens is 268 g/mol. The van der Waals surface area contributed by atoms with Crippen LogP contribution in [0.15, 0.2) is 12.1 Å². The van der Waals surface area contributed by atoms with Gasteiger partial charge in [-0.2, -0.15) is 0 Å². The Hall–Kier alpha value is -0.860. The van der Waals surface area contributed by atoms with Gasteiger partial charge in [-0.05, 0) is 38.4 Å². The highest BCUT2D eigenvalue weighted by molar-refractivity contribution is 7.12. The highest BCUT2D eigenvalue weighted by Crippen LogP contribution is 2.27. The van der Waals surface area contributed by atoms with E-state index in [1.807, 2.05) is 0 Å². The summed E-state index contributed by atoms with van der Waals surface area (Å²) in [5.41, 5.74) is 0. The summed E-state index contributed by atoms with van der Waals surface area (Å²) in [5, 5.41) is 8.74.